The summed E-state index contributed by atoms with van der Waals surface area (Å²) in [6, 6.07) is 0. The normalized spacial score (nSPS) is 12.0. The highest BCUT2D eigenvalue weighted by molar-refractivity contribution is 6.57. The summed E-state index contributed by atoms with van der Waals surface area (Å²) < 4.78 is 4.71. The van der Waals surface area contributed by atoms with Crippen LogP contribution in [-0.4, -0.2) is 25.4 Å². The quantitative estimate of drug-likeness (QED) is 0.629. The summed E-state index contributed by atoms with van der Waals surface area (Å²) in [4.78, 5) is 10.8. The average Bonchev–Trinajstić information content (AvgIpc) is 1.87. The molecule has 0 rings (SSSR count). The number of amides is 1. The Bertz CT molecular complexity index is 128. The molecule has 0 bridgehead atoms. The molecule has 4 heteroatoms. The van der Waals surface area contributed by atoms with Crippen molar-refractivity contribution < 1.29 is 9.53 Å². The fourth-order valence-electron chi connectivity index (χ4n) is 0.525. The van der Waals surface area contributed by atoms with Gasteiger partial charge in [-0.15, -0.1) is 0 Å². The van der Waals surface area contributed by atoms with Gasteiger partial charge in [0, 0.05) is 5.94 Å². The third-order valence-corrected chi connectivity index (χ3v) is 1.62. The van der Waals surface area contributed by atoms with Crippen molar-refractivity contribution in [1.29, 1.82) is 0 Å². The molecule has 0 spiro atoms. The van der Waals surface area contributed by atoms with Crippen LogP contribution in [0.1, 0.15) is 13.8 Å². The molecule has 0 aliphatic rings. The second-order valence-electron chi connectivity index (χ2n) is 2.90. The van der Waals surface area contributed by atoms with E-state index in [4.69, 9.17) is 4.74 Å². The lowest BCUT2D eigenvalue weighted by molar-refractivity contribution is 0.151. The van der Waals surface area contributed by atoms with E-state index >= 15 is 0 Å². The van der Waals surface area contributed by atoms with E-state index in [2.05, 4.69) is 19.0 Å². The van der Waals surface area contributed by atoms with Crippen LogP contribution in [0.25, 0.3) is 0 Å². The van der Waals surface area contributed by atoms with E-state index in [1.54, 1.807) is 6.92 Å². The summed E-state index contributed by atoms with van der Waals surface area (Å²) in [6.07, 6.45) is -0.325. The van der Waals surface area contributed by atoms with E-state index in [0.717, 1.165) is 0 Å². The second kappa shape index (κ2) is 5.05. The Hall–Kier alpha value is -0.665. The molecular formula is C7H16BNO2. The molecule has 0 aliphatic heterocycles. The van der Waals surface area contributed by atoms with Crippen molar-refractivity contribution >= 4 is 12.8 Å². The number of hydrogen-bond donors (Lipinski definition) is 1. The molecule has 0 heterocycles. The third-order valence-electron chi connectivity index (χ3n) is 1.62. The van der Waals surface area contributed by atoms with E-state index < -0.39 is 0 Å². The van der Waals surface area contributed by atoms with Gasteiger partial charge in [0.2, 0.25) is 0 Å². The van der Waals surface area contributed by atoms with Crippen LogP contribution < -0.4 is 5.32 Å². The Balaban J connectivity index is 3.57. The molecule has 0 aliphatic carbocycles. The Labute approximate surface area is 68.6 Å². The summed E-state index contributed by atoms with van der Waals surface area (Å²) in [5.74, 6) is 0.175. The summed E-state index contributed by atoms with van der Waals surface area (Å²) in [5.41, 5.74) is 0. The maximum atomic E-state index is 10.8. The molecule has 0 aromatic heterocycles. The second-order valence-corrected chi connectivity index (χ2v) is 2.90. The fraction of sp³-hybridized carbons (Fsp3) is 0.857. The van der Waals surface area contributed by atoms with Gasteiger partial charge in [-0.3, -0.25) is 0 Å². The predicted molar refractivity (Wildman–Crippen MR) is 47.1 cm³/mol. The van der Waals surface area contributed by atoms with E-state index in [-0.39, 0.29) is 12.0 Å². The standard InChI is InChI=1S/C7H16BNO2/c1-5-11-7(10)9-6(2)8(3)4/h6H,5H2,1-4H3,(H,9,10). The maximum absolute atomic E-state index is 10.8. The van der Waals surface area contributed by atoms with E-state index in [0.29, 0.717) is 13.3 Å². The van der Waals surface area contributed by atoms with Crippen molar-refractivity contribution in [2.45, 2.75) is 33.4 Å². The van der Waals surface area contributed by atoms with Crippen molar-refractivity contribution in [3.8, 4) is 0 Å². The minimum atomic E-state index is -0.325. The molecule has 1 unspecified atom stereocenters. The minimum Gasteiger partial charge on any atom is -0.450 e. The lowest BCUT2D eigenvalue weighted by Crippen LogP contribution is -2.41. The van der Waals surface area contributed by atoms with Crippen LogP contribution in [-0.2, 0) is 4.74 Å². The summed E-state index contributed by atoms with van der Waals surface area (Å²) in [7, 11) is 0. The molecule has 64 valence electrons. The molecule has 3 nitrogen and oxygen atoms in total. The van der Waals surface area contributed by atoms with E-state index in [1.807, 2.05) is 6.92 Å². The van der Waals surface area contributed by atoms with Gasteiger partial charge in [0.05, 0.1) is 6.61 Å². The molecule has 0 fully saturated rings. The van der Waals surface area contributed by atoms with Gasteiger partial charge in [-0.1, -0.05) is 20.6 Å². The zero-order chi connectivity index (χ0) is 8.85. The van der Waals surface area contributed by atoms with Crippen LogP contribution in [0.2, 0.25) is 13.6 Å². The van der Waals surface area contributed by atoms with Gasteiger partial charge in [-0.2, -0.15) is 0 Å². The Morgan fingerprint density at radius 3 is 2.55 bits per heavy atom. The first-order valence-corrected chi connectivity index (χ1v) is 4.01. The molecule has 0 saturated heterocycles. The SMILES string of the molecule is CCOC(=O)NC(C)B(C)C. The number of carbonyl (C=O) groups is 1. The maximum Gasteiger partial charge on any atom is 0.406 e. The van der Waals surface area contributed by atoms with Crippen molar-refractivity contribution in [2.75, 3.05) is 6.61 Å². The molecule has 1 atom stereocenters. The number of alkyl carbamates (subject to hydrolysis) is 1. The van der Waals surface area contributed by atoms with Crippen molar-refractivity contribution in [2.24, 2.45) is 0 Å². The topological polar surface area (TPSA) is 38.3 Å². The first-order valence-electron chi connectivity index (χ1n) is 4.01. The van der Waals surface area contributed by atoms with Crippen LogP contribution in [0.4, 0.5) is 4.79 Å². The molecule has 0 aromatic rings. The third kappa shape index (κ3) is 4.70. The van der Waals surface area contributed by atoms with E-state index in [9.17, 15) is 4.79 Å². The Morgan fingerprint density at radius 1 is 1.64 bits per heavy atom. The summed E-state index contributed by atoms with van der Waals surface area (Å²) in [6.45, 7) is 8.73. The van der Waals surface area contributed by atoms with Crippen LogP contribution in [0.3, 0.4) is 0 Å². The highest BCUT2D eigenvalue weighted by Crippen LogP contribution is 1.90. The van der Waals surface area contributed by atoms with Crippen molar-refractivity contribution in [1.82, 2.24) is 5.32 Å². The van der Waals surface area contributed by atoms with Gasteiger partial charge in [0.15, 0.2) is 6.71 Å². The molecule has 11 heavy (non-hydrogen) atoms. The fourth-order valence-corrected chi connectivity index (χ4v) is 0.525. The van der Waals surface area contributed by atoms with Gasteiger partial charge in [-0.05, 0) is 6.92 Å². The van der Waals surface area contributed by atoms with Gasteiger partial charge in [0.25, 0.3) is 0 Å². The van der Waals surface area contributed by atoms with Crippen molar-refractivity contribution in [3.05, 3.63) is 0 Å². The largest absolute Gasteiger partial charge is 0.450 e. The number of rotatable bonds is 3. The average molecular weight is 157 g/mol. The molecule has 0 radical (unpaired) electrons. The van der Waals surface area contributed by atoms with Gasteiger partial charge >= 0.3 is 6.09 Å². The number of ether oxygens (including phenoxy) is 1. The Kier molecular flexibility index (Phi) is 4.74. The monoisotopic (exact) mass is 157 g/mol. The highest BCUT2D eigenvalue weighted by Gasteiger charge is 2.12. The molecule has 1 amide bonds. The molecular weight excluding hydrogens is 141 g/mol. The highest BCUT2D eigenvalue weighted by atomic mass is 16.5. The zero-order valence-electron chi connectivity index (χ0n) is 7.68. The first-order chi connectivity index (χ1) is 5.07. The lowest BCUT2D eigenvalue weighted by Gasteiger charge is -2.14. The van der Waals surface area contributed by atoms with Crippen LogP contribution >= 0.6 is 0 Å². The Morgan fingerprint density at radius 2 is 2.18 bits per heavy atom. The molecule has 1 N–H and O–H groups in total. The van der Waals surface area contributed by atoms with E-state index in [1.165, 1.54) is 0 Å². The number of nitrogens with one attached hydrogen (secondary N) is 1. The lowest BCUT2D eigenvalue weighted by atomic mass is 9.49. The van der Waals surface area contributed by atoms with Gasteiger partial charge in [-0.25, -0.2) is 4.79 Å². The van der Waals surface area contributed by atoms with Gasteiger partial charge in [0.1, 0.15) is 0 Å². The minimum absolute atomic E-state index is 0.175. The summed E-state index contributed by atoms with van der Waals surface area (Å²) >= 11 is 0. The molecule has 0 aromatic carbocycles. The summed E-state index contributed by atoms with van der Waals surface area (Å²) in [5, 5.41) is 2.72. The molecule has 0 saturated carbocycles. The zero-order valence-corrected chi connectivity index (χ0v) is 7.68. The van der Waals surface area contributed by atoms with Crippen LogP contribution in [0, 0.1) is 0 Å². The number of carbonyl (C=O) groups excluding carboxylic acids is 1. The van der Waals surface area contributed by atoms with Crippen molar-refractivity contribution in [3.63, 3.8) is 0 Å². The number of hydrogen-bond acceptors (Lipinski definition) is 2. The first kappa shape index (κ1) is 10.3. The van der Waals surface area contributed by atoms with Crippen LogP contribution in [0.15, 0.2) is 0 Å². The van der Waals surface area contributed by atoms with Crippen LogP contribution in [0.5, 0.6) is 0 Å². The predicted octanol–water partition coefficient (Wildman–Crippen LogP) is 1.41. The smallest absolute Gasteiger partial charge is 0.406 e. The van der Waals surface area contributed by atoms with Gasteiger partial charge < -0.3 is 10.1 Å².